The zero-order chi connectivity index (χ0) is 31.6. The number of anilines is 7. The molecular formula is C31H42N8O3S2. The summed E-state index contributed by atoms with van der Waals surface area (Å²) >= 11 is 1.51. The van der Waals surface area contributed by atoms with E-state index < -0.39 is 10.0 Å². The van der Waals surface area contributed by atoms with Crippen LogP contribution in [0.5, 0.6) is 5.75 Å². The highest BCUT2D eigenvalue weighted by atomic mass is 32.2. The molecule has 1 saturated heterocycles. The van der Waals surface area contributed by atoms with E-state index >= 15 is 0 Å². The number of nitrogens with zero attached hydrogens (tertiary/aromatic N) is 5. The van der Waals surface area contributed by atoms with Crippen LogP contribution in [0.2, 0.25) is 0 Å². The average Bonchev–Trinajstić information content (AvgIpc) is 3.46. The first-order chi connectivity index (χ1) is 20.9. The molecule has 2 aromatic carbocycles. The van der Waals surface area contributed by atoms with Gasteiger partial charge in [0.15, 0.2) is 5.82 Å². The molecule has 2 aromatic heterocycles. The van der Waals surface area contributed by atoms with Gasteiger partial charge in [0.05, 0.1) is 52.0 Å². The zero-order valence-electron chi connectivity index (χ0n) is 26.4. The van der Waals surface area contributed by atoms with Crippen molar-refractivity contribution in [1.29, 1.82) is 0 Å². The Kier molecular flexibility index (Phi) is 9.37. The molecule has 0 aliphatic carbocycles. The maximum atomic E-state index is 12.3. The van der Waals surface area contributed by atoms with Gasteiger partial charge in [-0.3, -0.25) is 4.31 Å². The first kappa shape index (κ1) is 31.6. The van der Waals surface area contributed by atoms with Crippen LogP contribution in [-0.4, -0.2) is 83.0 Å². The molecule has 0 atom stereocenters. The first-order valence-electron chi connectivity index (χ1n) is 14.7. The molecule has 0 radical (unpaired) electrons. The average molecular weight is 639 g/mol. The first-order valence-corrected chi connectivity index (χ1v) is 17.4. The molecule has 0 spiro atoms. The van der Waals surface area contributed by atoms with Crippen LogP contribution >= 0.6 is 11.3 Å². The van der Waals surface area contributed by atoms with E-state index in [1.54, 1.807) is 19.2 Å². The van der Waals surface area contributed by atoms with Gasteiger partial charge in [0.1, 0.15) is 5.75 Å². The summed E-state index contributed by atoms with van der Waals surface area (Å²) in [5.41, 5.74) is 4.76. The second kappa shape index (κ2) is 13.0. The van der Waals surface area contributed by atoms with Crippen LogP contribution < -0.4 is 29.9 Å². The quantitative estimate of drug-likeness (QED) is 0.183. The summed E-state index contributed by atoms with van der Waals surface area (Å²) in [4.78, 5) is 14.4. The molecule has 1 fully saturated rings. The number of methoxy groups -OCH3 is 1. The molecule has 4 aromatic rings. The Labute approximate surface area is 264 Å². The van der Waals surface area contributed by atoms with E-state index in [0.29, 0.717) is 34.9 Å². The number of rotatable bonds is 11. The number of benzene rings is 2. The third-order valence-electron chi connectivity index (χ3n) is 7.84. The predicted molar refractivity (Wildman–Crippen MR) is 184 cm³/mol. The van der Waals surface area contributed by atoms with Crippen LogP contribution in [0.15, 0.2) is 47.8 Å². The summed E-state index contributed by atoms with van der Waals surface area (Å²) in [5, 5.41) is 12.4. The van der Waals surface area contributed by atoms with Gasteiger partial charge in [0, 0.05) is 38.3 Å². The molecule has 1 aliphatic rings. The SMILES string of the molecule is COc1cc(N2CCC(N(C)C)CC2)c(NC(C)C)cc1Nc1nc(Nc2ccccc2N(C)S(C)(=O)=O)c2sccc2n1. The van der Waals surface area contributed by atoms with Crippen LogP contribution in [0.4, 0.5) is 40.2 Å². The fourth-order valence-electron chi connectivity index (χ4n) is 5.43. The Morgan fingerprint density at radius 2 is 1.73 bits per heavy atom. The molecule has 0 saturated carbocycles. The summed E-state index contributed by atoms with van der Waals surface area (Å²) < 4.78 is 32.6. The number of nitrogens with one attached hydrogen (secondary N) is 3. The van der Waals surface area contributed by atoms with Gasteiger partial charge in [0.2, 0.25) is 16.0 Å². The van der Waals surface area contributed by atoms with Crippen molar-refractivity contribution in [2.24, 2.45) is 0 Å². The molecule has 11 nitrogen and oxygen atoms in total. The lowest BCUT2D eigenvalue weighted by Gasteiger charge is -2.37. The Bertz CT molecular complexity index is 1720. The van der Waals surface area contributed by atoms with E-state index in [0.717, 1.165) is 53.2 Å². The fraction of sp³-hybridized carbons (Fsp3) is 0.419. The normalized spacial score (nSPS) is 14.3. The van der Waals surface area contributed by atoms with Gasteiger partial charge in [-0.25, -0.2) is 13.4 Å². The molecule has 3 heterocycles. The largest absolute Gasteiger partial charge is 0.494 e. The van der Waals surface area contributed by atoms with Gasteiger partial charge in [-0.15, -0.1) is 11.3 Å². The minimum absolute atomic E-state index is 0.230. The third-order valence-corrected chi connectivity index (χ3v) is 9.94. The predicted octanol–water partition coefficient (Wildman–Crippen LogP) is 5.93. The highest BCUT2D eigenvalue weighted by Crippen LogP contribution is 2.40. The van der Waals surface area contributed by atoms with Crippen LogP contribution in [0.3, 0.4) is 0 Å². The molecule has 3 N–H and O–H groups in total. The van der Waals surface area contributed by atoms with Crippen molar-refractivity contribution >= 4 is 71.8 Å². The lowest BCUT2D eigenvalue weighted by atomic mass is 10.0. The number of ether oxygens (including phenoxy) is 1. The van der Waals surface area contributed by atoms with E-state index in [4.69, 9.17) is 14.7 Å². The minimum atomic E-state index is -3.46. The van der Waals surface area contributed by atoms with Gasteiger partial charge in [-0.05, 0) is 70.4 Å². The van der Waals surface area contributed by atoms with Crippen molar-refractivity contribution in [2.45, 2.75) is 38.8 Å². The maximum Gasteiger partial charge on any atom is 0.232 e. The van der Waals surface area contributed by atoms with E-state index in [-0.39, 0.29) is 6.04 Å². The Morgan fingerprint density at radius 3 is 2.39 bits per heavy atom. The summed E-state index contributed by atoms with van der Waals surface area (Å²) in [6.07, 6.45) is 3.38. The highest BCUT2D eigenvalue weighted by molar-refractivity contribution is 7.92. The standard InChI is InChI=1S/C31H42N8O3S2/c1-20(2)32-24-18-25(28(42-6)19-27(24)39-15-12-21(13-16-39)37(3)4)35-31-34-23-14-17-43-29(23)30(36-31)33-22-10-8-9-11-26(22)38(5)44(7,40)41/h8-11,14,17-21,32H,12-13,15-16H2,1-7H3,(H2,33,34,35,36). The number of sulfonamides is 1. The lowest BCUT2D eigenvalue weighted by Crippen LogP contribution is -2.42. The molecule has 44 heavy (non-hydrogen) atoms. The van der Waals surface area contributed by atoms with Gasteiger partial charge < -0.3 is 30.5 Å². The summed E-state index contributed by atoms with van der Waals surface area (Å²) in [6.45, 7) is 6.19. The lowest BCUT2D eigenvalue weighted by molar-refractivity contribution is 0.249. The smallest absolute Gasteiger partial charge is 0.232 e. The summed E-state index contributed by atoms with van der Waals surface area (Å²) in [5.74, 6) is 1.65. The van der Waals surface area contributed by atoms with Crippen molar-refractivity contribution in [3.63, 3.8) is 0 Å². The van der Waals surface area contributed by atoms with E-state index in [1.807, 2.05) is 23.6 Å². The zero-order valence-corrected chi connectivity index (χ0v) is 28.0. The molecule has 0 amide bonds. The number of para-hydroxylation sites is 2. The Balaban J connectivity index is 1.50. The molecule has 0 bridgehead atoms. The Morgan fingerprint density at radius 1 is 1.00 bits per heavy atom. The van der Waals surface area contributed by atoms with Crippen molar-refractivity contribution < 1.29 is 13.2 Å². The van der Waals surface area contributed by atoms with Gasteiger partial charge in [0.25, 0.3) is 0 Å². The molecule has 1 aliphatic heterocycles. The second-order valence-corrected chi connectivity index (χ2v) is 14.5. The summed E-state index contributed by atoms with van der Waals surface area (Å²) in [7, 11) is 4.04. The number of fused-ring (bicyclic) bond motifs is 1. The molecule has 0 unspecified atom stereocenters. The fourth-order valence-corrected chi connectivity index (χ4v) is 6.72. The monoisotopic (exact) mass is 638 g/mol. The van der Waals surface area contributed by atoms with Crippen molar-refractivity contribution in [1.82, 2.24) is 14.9 Å². The van der Waals surface area contributed by atoms with Crippen LogP contribution in [0, 0.1) is 0 Å². The number of hydrogen-bond donors (Lipinski definition) is 3. The number of thiophene rings is 1. The molecule has 236 valence electrons. The molecule has 5 rings (SSSR count). The number of hydrogen-bond acceptors (Lipinski definition) is 11. The topological polar surface area (TPSA) is 115 Å². The van der Waals surface area contributed by atoms with Crippen molar-refractivity contribution in [3.8, 4) is 5.75 Å². The highest BCUT2D eigenvalue weighted by Gasteiger charge is 2.25. The van der Waals surface area contributed by atoms with Gasteiger partial charge >= 0.3 is 0 Å². The van der Waals surface area contributed by atoms with Crippen LogP contribution in [-0.2, 0) is 10.0 Å². The third kappa shape index (κ3) is 6.95. The van der Waals surface area contributed by atoms with E-state index in [2.05, 4.69) is 65.8 Å². The maximum absolute atomic E-state index is 12.3. The Hall–Kier alpha value is -3.81. The van der Waals surface area contributed by atoms with Crippen molar-refractivity contribution in [3.05, 3.63) is 47.8 Å². The van der Waals surface area contributed by atoms with Gasteiger partial charge in [-0.2, -0.15) is 4.98 Å². The minimum Gasteiger partial charge on any atom is -0.494 e. The van der Waals surface area contributed by atoms with E-state index in [9.17, 15) is 8.42 Å². The van der Waals surface area contributed by atoms with Gasteiger partial charge in [-0.1, -0.05) is 12.1 Å². The van der Waals surface area contributed by atoms with Crippen LogP contribution in [0.1, 0.15) is 26.7 Å². The second-order valence-electron chi connectivity index (χ2n) is 11.6. The number of aromatic nitrogens is 2. The molecule has 13 heteroatoms. The van der Waals surface area contributed by atoms with Crippen LogP contribution in [0.25, 0.3) is 10.2 Å². The van der Waals surface area contributed by atoms with Crippen molar-refractivity contribution in [2.75, 3.05) is 72.8 Å². The number of piperidine rings is 1. The van der Waals surface area contributed by atoms with E-state index in [1.165, 1.54) is 28.9 Å². The summed E-state index contributed by atoms with van der Waals surface area (Å²) in [6, 6.07) is 14.2. The molecular weight excluding hydrogens is 597 g/mol.